The molecule has 0 bridgehead atoms. The Bertz CT molecular complexity index is 468. The Balaban J connectivity index is 1.94. The van der Waals surface area contributed by atoms with Gasteiger partial charge in [-0.25, -0.2) is 0 Å². The van der Waals surface area contributed by atoms with Gasteiger partial charge in [0.15, 0.2) is 0 Å². The van der Waals surface area contributed by atoms with Crippen LogP contribution < -0.4 is 10.5 Å². The Kier molecular flexibility index (Phi) is 4.34. The van der Waals surface area contributed by atoms with Gasteiger partial charge in [-0.3, -0.25) is 0 Å². The van der Waals surface area contributed by atoms with E-state index in [2.05, 4.69) is 0 Å². The molecule has 1 atom stereocenters. The molecule has 3 nitrogen and oxygen atoms in total. The van der Waals surface area contributed by atoms with Crippen LogP contribution in [-0.2, 0) is 6.61 Å². The smallest absolute Gasteiger partial charge is 0.119 e. The lowest BCUT2D eigenvalue weighted by Crippen LogP contribution is -2.11. The summed E-state index contributed by atoms with van der Waals surface area (Å²) in [6.07, 6.45) is -0.604. The number of benzene rings is 2. The molecule has 0 radical (unpaired) electrons. The van der Waals surface area contributed by atoms with Crippen LogP contribution in [-0.4, -0.2) is 11.7 Å². The van der Waals surface area contributed by atoms with E-state index in [1.54, 1.807) is 0 Å². The first-order chi connectivity index (χ1) is 8.79. The van der Waals surface area contributed by atoms with Gasteiger partial charge in [-0.1, -0.05) is 42.5 Å². The Morgan fingerprint density at radius 2 is 1.67 bits per heavy atom. The number of hydrogen-bond acceptors (Lipinski definition) is 3. The number of aliphatic hydroxyl groups is 1. The normalized spacial score (nSPS) is 12.1. The molecular weight excluding hydrogens is 226 g/mol. The molecule has 0 aliphatic heterocycles. The molecule has 0 unspecified atom stereocenters. The zero-order chi connectivity index (χ0) is 12.8. The second-order valence-electron chi connectivity index (χ2n) is 4.09. The van der Waals surface area contributed by atoms with Crippen molar-refractivity contribution in [1.82, 2.24) is 0 Å². The minimum atomic E-state index is -0.604. The van der Waals surface area contributed by atoms with Crippen LogP contribution in [0.4, 0.5) is 0 Å². The first-order valence-corrected chi connectivity index (χ1v) is 5.94. The van der Waals surface area contributed by atoms with Gasteiger partial charge < -0.3 is 15.6 Å². The molecule has 0 saturated heterocycles. The maximum atomic E-state index is 9.56. The minimum Gasteiger partial charge on any atom is -0.489 e. The number of aliphatic hydroxyl groups excluding tert-OH is 1. The molecule has 2 rings (SSSR count). The van der Waals surface area contributed by atoms with Gasteiger partial charge in [0, 0.05) is 6.54 Å². The quantitative estimate of drug-likeness (QED) is 0.847. The molecule has 2 aromatic carbocycles. The summed E-state index contributed by atoms with van der Waals surface area (Å²) in [5.74, 6) is 0.784. The van der Waals surface area contributed by atoms with E-state index >= 15 is 0 Å². The standard InChI is InChI=1S/C15H17NO2/c16-10-15(17)13-6-8-14(9-7-13)18-11-12-4-2-1-3-5-12/h1-9,15,17H,10-11,16H2/t15-/m1/s1. The third-order valence-electron chi connectivity index (χ3n) is 2.74. The van der Waals surface area contributed by atoms with Crippen LogP contribution in [0.25, 0.3) is 0 Å². The van der Waals surface area contributed by atoms with Crippen LogP contribution in [0.2, 0.25) is 0 Å². The third-order valence-corrected chi connectivity index (χ3v) is 2.74. The van der Waals surface area contributed by atoms with Gasteiger partial charge in [-0.05, 0) is 23.3 Å². The molecule has 0 fully saturated rings. The van der Waals surface area contributed by atoms with Crippen molar-refractivity contribution in [2.45, 2.75) is 12.7 Å². The van der Waals surface area contributed by atoms with Crippen LogP contribution in [0, 0.1) is 0 Å². The highest BCUT2D eigenvalue weighted by molar-refractivity contribution is 5.29. The Morgan fingerprint density at radius 3 is 2.28 bits per heavy atom. The predicted molar refractivity (Wildman–Crippen MR) is 71.2 cm³/mol. The first-order valence-electron chi connectivity index (χ1n) is 5.94. The van der Waals surface area contributed by atoms with Crippen molar-refractivity contribution in [2.75, 3.05) is 6.54 Å². The monoisotopic (exact) mass is 243 g/mol. The van der Waals surface area contributed by atoms with Crippen LogP contribution in [0.3, 0.4) is 0 Å². The van der Waals surface area contributed by atoms with E-state index in [0.717, 1.165) is 16.9 Å². The van der Waals surface area contributed by atoms with Gasteiger partial charge >= 0.3 is 0 Å². The molecule has 0 amide bonds. The number of nitrogens with two attached hydrogens (primary N) is 1. The van der Waals surface area contributed by atoms with Gasteiger partial charge in [-0.15, -0.1) is 0 Å². The highest BCUT2D eigenvalue weighted by atomic mass is 16.5. The van der Waals surface area contributed by atoms with Gasteiger partial charge in [0.2, 0.25) is 0 Å². The number of ether oxygens (including phenoxy) is 1. The van der Waals surface area contributed by atoms with Crippen molar-refractivity contribution >= 4 is 0 Å². The summed E-state index contributed by atoms with van der Waals surface area (Å²) in [5, 5.41) is 9.56. The first kappa shape index (κ1) is 12.6. The summed E-state index contributed by atoms with van der Waals surface area (Å²) in [6.45, 7) is 0.768. The second-order valence-corrected chi connectivity index (χ2v) is 4.09. The van der Waals surface area contributed by atoms with Crippen molar-refractivity contribution in [1.29, 1.82) is 0 Å². The lowest BCUT2D eigenvalue weighted by molar-refractivity contribution is 0.186. The summed E-state index contributed by atoms with van der Waals surface area (Å²) >= 11 is 0. The Morgan fingerprint density at radius 1 is 1.00 bits per heavy atom. The topological polar surface area (TPSA) is 55.5 Å². The predicted octanol–water partition coefficient (Wildman–Crippen LogP) is 2.26. The molecule has 0 heterocycles. The fraction of sp³-hybridized carbons (Fsp3) is 0.200. The molecule has 3 heteroatoms. The lowest BCUT2D eigenvalue weighted by atomic mass is 10.1. The van der Waals surface area contributed by atoms with E-state index in [1.807, 2.05) is 54.6 Å². The summed E-state index contributed by atoms with van der Waals surface area (Å²) in [6, 6.07) is 17.3. The van der Waals surface area contributed by atoms with Crippen molar-refractivity contribution in [3.63, 3.8) is 0 Å². The molecule has 3 N–H and O–H groups in total. The molecule has 0 spiro atoms. The molecule has 18 heavy (non-hydrogen) atoms. The van der Waals surface area contributed by atoms with E-state index < -0.39 is 6.10 Å². The number of hydrogen-bond donors (Lipinski definition) is 2. The molecular formula is C15H17NO2. The van der Waals surface area contributed by atoms with E-state index in [4.69, 9.17) is 10.5 Å². The van der Waals surface area contributed by atoms with Crippen molar-refractivity contribution in [2.24, 2.45) is 5.73 Å². The van der Waals surface area contributed by atoms with Crippen LogP contribution in [0.5, 0.6) is 5.75 Å². The maximum absolute atomic E-state index is 9.56. The van der Waals surface area contributed by atoms with Crippen molar-refractivity contribution in [3.05, 3.63) is 65.7 Å². The Labute approximate surface area is 107 Å². The fourth-order valence-electron chi connectivity index (χ4n) is 1.66. The number of rotatable bonds is 5. The molecule has 94 valence electrons. The van der Waals surface area contributed by atoms with E-state index in [0.29, 0.717) is 6.61 Å². The summed E-state index contributed by atoms with van der Waals surface area (Å²) in [7, 11) is 0. The molecule has 2 aromatic rings. The average Bonchev–Trinajstić information content (AvgIpc) is 2.46. The Hall–Kier alpha value is -1.84. The van der Waals surface area contributed by atoms with E-state index in [9.17, 15) is 5.11 Å². The van der Waals surface area contributed by atoms with Gasteiger partial charge in [0.25, 0.3) is 0 Å². The summed E-state index contributed by atoms with van der Waals surface area (Å²) < 4.78 is 5.65. The van der Waals surface area contributed by atoms with Gasteiger partial charge in [-0.2, -0.15) is 0 Å². The fourth-order valence-corrected chi connectivity index (χ4v) is 1.66. The highest BCUT2D eigenvalue weighted by Crippen LogP contribution is 2.18. The minimum absolute atomic E-state index is 0.226. The van der Waals surface area contributed by atoms with E-state index in [-0.39, 0.29) is 6.54 Å². The van der Waals surface area contributed by atoms with Gasteiger partial charge in [0.1, 0.15) is 12.4 Å². The molecule has 0 aromatic heterocycles. The van der Waals surface area contributed by atoms with Crippen molar-refractivity contribution in [3.8, 4) is 5.75 Å². The van der Waals surface area contributed by atoms with Gasteiger partial charge in [0.05, 0.1) is 6.10 Å². The van der Waals surface area contributed by atoms with Crippen LogP contribution in [0.15, 0.2) is 54.6 Å². The molecule has 0 aliphatic carbocycles. The third kappa shape index (κ3) is 3.32. The summed E-state index contributed by atoms with van der Waals surface area (Å²) in [4.78, 5) is 0. The zero-order valence-corrected chi connectivity index (χ0v) is 10.1. The highest BCUT2D eigenvalue weighted by Gasteiger charge is 2.04. The SMILES string of the molecule is NC[C@@H](O)c1ccc(OCc2ccccc2)cc1. The maximum Gasteiger partial charge on any atom is 0.119 e. The lowest BCUT2D eigenvalue weighted by Gasteiger charge is -2.10. The molecule has 0 saturated carbocycles. The van der Waals surface area contributed by atoms with Crippen LogP contribution in [0.1, 0.15) is 17.2 Å². The molecule has 0 aliphatic rings. The van der Waals surface area contributed by atoms with Crippen LogP contribution >= 0.6 is 0 Å². The zero-order valence-electron chi connectivity index (χ0n) is 10.1. The van der Waals surface area contributed by atoms with Crippen molar-refractivity contribution < 1.29 is 9.84 Å². The van der Waals surface area contributed by atoms with E-state index in [1.165, 1.54) is 0 Å². The second kappa shape index (κ2) is 6.19. The largest absolute Gasteiger partial charge is 0.489 e. The average molecular weight is 243 g/mol. The summed E-state index contributed by atoms with van der Waals surface area (Å²) in [5.41, 5.74) is 7.33.